The van der Waals surface area contributed by atoms with Crippen molar-refractivity contribution in [2.45, 2.75) is 12.8 Å². The maximum absolute atomic E-state index is 12.0. The molecule has 0 aromatic carbocycles. The van der Waals surface area contributed by atoms with Gasteiger partial charge in [0.2, 0.25) is 0 Å². The van der Waals surface area contributed by atoms with Crippen molar-refractivity contribution in [2.75, 3.05) is 11.5 Å². The maximum Gasteiger partial charge on any atom is 0.258 e. The Morgan fingerprint density at radius 1 is 1.06 bits per heavy atom. The molecule has 9 heteroatoms. The predicted molar refractivity (Wildman–Crippen MR) is 52.6 cm³/mol. The lowest BCUT2D eigenvalue weighted by Gasteiger charge is -1.87. The smallest absolute Gasteiger partial charge is 0.229 e. The normalized spacial score (nSPS) is 17.7. The van der Waals surface area contributed by atoms with Gasteiger partial charge in [0.15, 0.2) is 5.02 Å². The first-order valence-corrected chi connectivity index (χ1v) is 6.52. The van der Waals surface area contributed by atoms with Gasteiger partial charge < -0.3 is 0 Å². The molecule has 16 heavy (non-hydrogen) atoms. The first-order valence-electron chi connectivity index (χ1n) is 4.32. The number of aromatic nitrogens is 3. The summed E-state index contributed by atoms with van der Waals surface area (Å²) in [5.41, 5.74) is 0. The largest absolute Gasteiger partial charge is 0.258 e. The Labute approximate surface area is 95.7 Å². The van der Waals surface area contributed by atoms with Gasteiger partial charge in [0.25, 0.3) is 11.9 Å². The number of halogens is 3. The highest BCUT2D eigenvalue weighted by atomic mass is 35.5. The Hall–Kier alpha value is -0.890. The quantitative estimate of drug-likeness (QED) is 0.704. The molecule has 0 amide bonds. The molecule has 0 N–H and O–H groups in total. The topological polar surface area (TPSA) is 72.8 Å². The van der Waals surface area contributed by atoms with Crippen LogP contribution in [0.4, 0.5) is 8.78 Å². The monoisotopic (exact) mass is 271 g/mol. The van der Waals surface area contributed by atoms with Crippen molar-refractivity contribution in [1.82, 2.24) is 15.4 Å². The van der Waals surface area contributed by atoms with E-state index in [2.05, 4.69) is 15.4 Å². The molecule has 0 aliphatic carbocycles. The molecule has 0 atom stereocenters. The minimum absolute atomic E-state index is 0.424. The van der Waals surface area contributed by atoms with E-state index in [1.807, 2.05) is 0 Å². The summed E-state index contributed by atoms with van der Waals surface area (Å²) in [6.07, 6.45) is 1.75. The average molecular weight is 272 g/mol. The molecule has 90 valence electrons. The molecule has 1 aromatic rings. The van der Waals surface area contributed by atoms with Crippen LogP contribution in [0.1, 0.15) is 12.8 Å². The summed E-state index contributed by atoms with van der Waals surface area (Å²) < 4.78 is 44.8. The fourth-order valence-corrected chi connectivity index (χ4v) is 2.59. The van der Waals surface area contributed by atoms with Crippen LogP contribution in [0.15, 0.2) is 0 Å². The summed E-state index contributed by atoms with van der Waals surface area (Å²) in [4.78, 5) is 0. The Bertz CT molecular complexity index is 436. The second-order valence-corrected chi connectivity index (χ2v) is 5.73. The second kappa shape index (κ2) is 5.44. The average Bonchev–Trinajstić information content (AvgIpc) is 2.60. The van der Waals surface area contributed by atoms with Crippen LogP contribution in [0.5, 0.6) is 0 Å². The first-order chi connectivity index (χ1) is 7.42. The molecule has 2 heterocycles. The standard InChI is InChI=1S/C4H8O2S.C3ClF2N3/c5-7(6)3-1-2-4-7;4-1-2(5)7-9-8-3(1)6/h1-4H2;. The molecular formula is C7H8ClF2N3O2S. The second-order valence-electron chi connectivity index (χ2n) is 3.04. The number of sulfone groups is 1. The molecule has 0 spiro atoms. The van der Waals surface area contributed by atoms with Crippen molar-refractivity contribution in [1.29, 1.82) is 0 Å². The Morgan fingerprint density at radius 3 is 1.75 bits per heavy atom. The summed E-state index contributed by atoms with van der Waals surface area (Å²) in [6.45, 7) is 0. The molecule has 0 radical (unpaired) electrons. The van der Waals surface area contributed by atoms with Crippen LogP contribution in [-0.4, -0.2) is 35.3 Å². The highest BCUT2D eigenvalue weighted by molar-refractivity contribution is 7.91. The SMILES string of the molecule is Fc1nnnc(F)c1Cl.O=S1(=O)CCCC1. The van der Waals surface area contributed by atoms with Gasteiger partial charge in [-0.05, 0) is 18.1 Å². The van der Waals surface area contributed by atoms with E-state index in [4.69, 9.17) is 11.6 Å². The van der Waals surface area contributed by atoms with E-state index in [9.17, 15) is 17.2 Å². The molecule has 1 saturated heterocycles. The van der Waals surface area contributed by atoms with Gasteiger partial charge in [-0.2, -0.15) is 8.78 Å². The van der Waals surface area contributed by atoms with E-state index in [0.29, 0.717) is 11.5 Å². The lowest BCUT2D eigenvalue weighted by molar-refractivity contribution is 0.486. The zero-order valence-electron chi connectivity index (χ0n) is 8.03. The van der Waals surface area contributed by atoms with Crippen molar-refractivity contribution < 1.29 is 17.2 Å². The summed E-state index contributed by atoms with van der Waals surface area (Å²) >= 11 is 4.96. The minimum Gasteiger partial charge on any atom is -0.229 e. The molecule has 0 unspecified atom stereocenters. The van der Waals surface area contributed by atoms with Crippen LogP contribution in [0.2, 0.25) is 5.02 Å². The third-order valence-electron chi connectivity index (χ3n) is 1.79. The van der Waals surface area contributed by atoms with Gasteiger partial charge in [-0.25, -0.2) is 8.42 Å². The number of hydrogen-bond donors (Lipinski definition) is 0. The van der Waals surface area contributed by atoms with E-state index in [1.165, 1.54) is 0 Å². The lowest BCUT2D eigenvalue weighted by Crippen LogP contribution is -1.98. The highest BCUT2D eigenvalue weighted by Gasteiger charge is 2.16. The van der Waals surface area contributed by atoms with Crippen LogP contribution in [-0.2, 0) is 9.84 Å². The van der Waals surface area contributed by atoms with Crippen molar-refractivity contribution in [3.63, 3.8) is 0 Å². The summed E-state index contributed by atoms with van der Waals surface area (Å²) in [6, 6.07) is 0. The highest BCUT2D eigenvalue weighted by Crippen LogP contribution is 2.11. The molecule has 2 rings (SSSR count). The van der Waals surface area contributed by atoms with Crippen molar-refractivity contribution in [2.24, 2.45) is 0 Å². The van der Waals surface area contributed by atoms with Crippen LogP contribution < -0.4 is 0 Å². The molecule has 0 saturated carbocycles. The number of rotatable bonds is 0. The van der Waals surface area contributed by atoms with Gasteiger partial charge >= 0.3 is 0 Å². The summed E-state index contributed by atoms with van der Waals surface area (Å²) in [5, 5.41) is 7.46. The zero-order valence-corrected chi connectivity index (χ0v) is 9.60. The zero-order chi connectivity index (χ0) is 12.2. The number of hydrogen-bond acceptors (Lipinski definition) is 5. The lowest BCUT2D eigenvalue weighted by atomic mass is 10.4. The van der Waals surface area contributed by atoms with Crippen molar-refractivity contribution in [3.8, 4) is 0 Å². The van der Waals surface area contributed by atoms with E-state index in [-0.39, 0.29) is 0 Å². The minimum atomic E-state index is -2.55. The molecule has 1 aliphatic heterocycles. The number of nitrogens with zero attached hydrogens (tertiary/aromatic N) is 3. The van der Waals surface area contributed by atoms with Gasteiger partial charge in [0.05, 0.1) is 11.5 Å². The predicted octanol–water partition coefficient (Wildman–Crippen LogP) is 0.998. The maximum atomic E-state index is 12.0. The van der Waals surface area contributed by atoms with Gasteiger partial charge in [0, 0.05) is 0 Å². The van der Waals surface area contributed by atoms with E-state index in [1.54, 1.807) is 0 Å². The van der Waals surface area contributed by atoms with Gasteiger partial charge in [-0.15, -0.1) is 0 Å². The molecular weight excluding hydrogens is 264 g/mol. The van der Waals surface area contributed by atoms with Crippen LogP contribution >= 0.6 is 11.6 Å². The van der Waals surface area contributed by atoms with E-state index >= 15 is 0 Å². The van der Waals surface area contributed by atoms with Crippen LogP contribution in [0.3, 0.4) is 0 Å². The molecule has 1 aliphatic rings. The third kappa shape index (κ3) is 3.93. The van der Waals surface area contributed by atoms with Gasteiger partial charge in [0.1, 0.15) is 9.84 Å². The Kier molecular flexibility index (Phi) is 4.48. The van der Waals surface area contributed by atoms with Crippen molar-refractivity contribution in [3.05, 3.63) is 16.9 Å². The molecule has 1 aromatic heterocycles. The van der Waals surface area contributed by atoms with Crippen LogP contribution in [0, 0.1) is 11.9 Å². The van der Waals surface area contributed by atoms with Gasteiger partial charge in [-0.3, -0.25) is 0 Å². The first kappa shape index (κ1) is 13.2. The Balaban J connectivity index is 0.000000165. The summed E-state index contributed by atoms with van der Waals surface area (Å²) in [5.74, 6) is -1.45. The third-order valence-corrected chi connectivity index (χ3v) is 3.92. The van der Waals surface area contributed by atoms with E-state index in [0.717, 1.165) is 12.8 Å². The summed E-state index contributed by atoms with van der Waals surface area (Å²) in [7, 11) is -2.55. The van der Waals surface area contributed by atoms with E-state index < -0.39 is 26.8 Å². The van der Waals surface area contributed by atoms with Crippen molar-refractivity contribution >= 4 is 21.4 Å². The Morgan fingerprint density at radius 2 is 1.50 bits per heavy atom. The fraction of sp³-hybridized carbons (Fsp3) is 0.571. The molecule has 5 nitrogen and oxygen atoms in total. The fourth-order valence-electron chi connectivity index (χ4n) is 1.02. The van der Waals surface area contributed by atoms with Crippen LogP contribution in [0.25, 0.3) is 0 Å². The molecule has 0 bridgehead atoms. The molecule has 1 fully saturated rings. The van der Waals surface area contributed by atoms with Gasteiger partial charge in [-0.1, -0.05) is 21.8 Å².